The second-order valence-corrected chi connectivity index (χ2v) is 4.47. The van der Waals surface area contributed by atoms with Crippen LogP contribution in [0.15, 0.2) is 10.5 Å². The van der Waals surface area contributed by atoms with Gasteiger partial charge in [-0.1, -0.05) is 13.8 Å². The van der Waals surface area contributed by atoms with Gasteiger partial charge < -0.3 is 9.52 Å². The SMILES string of the molecule is CC1(C)CCc2oc(C(=O)O)cc2C1=O. The Morgan fingerprint density at radius 1 is 1.53 bits per heavy atom. The van der Waals surface area contributed by atoms with Gasteiger partial charge in [0.15, 0.2) is 5.78 Å². The van der Waals surface area contributed by atoms with Crippen molar-refractivity contribution < 1.29 is 19.1 Å². The molecule has 0 saturated carbocycles. The lowest BCUT2D eigenvalue weighted by molar-refractivity contribution is 0.0658. The third kappa shape index (κ3) is 1.46. The second kappa shape index (κ2) is 2.95. The number of carbonyl (C=O) groups is 2. The molecule has 1 aliphatic carbocycles. The van der Waals surface area contributed by atoms with E-state index in [1.807, 2.05) is 13.8 Å². The van der Waals surface area contributed by atoms with Crippen molar-refractivity contribution in [3.8, 4) is 0 Å². The maximum atomic E-state index is 11.9. The number of carbonyl (C=O) groups excluding carboxylic acids is 1. The predicted molar refractivity (Wildman–Crippen MR) is 52.1 cm³/mol. The third-order valence-corrected chi connectivity index (χ3v) is 2.86. The smallest absolute Gasteiger partial charge is 0.371 e. The topological polar surface area (TPSA) is 67.5 Å². The number of aryl methyl sites for hydroxylation is 1. The fourth-order valence-corrected chi connectivity index (χ4v) is 1.82. The van der Waals surface area contributed by atoms with Crippen LogP contribution in [0.5, 0.6) is 0 Å². The molecule has 4 heteroatoms. The number of carboxylic acids is 1. The zero-order chi connectivity index (χ0) is 11.2. The number of fused-ring (bicyclic) bond motifs is 1. The van der Waals surface area contributed by atoms with E-state index in [9.17, 15) is 9.59 Å². The summed E-state index contributed by atoms with van der Waals surface area (Å²) in [7, 11) is 0. The van der Waals surface area contributed by atoms with E-state index in [-0.39, 0.29) is 11.5 Å². The minimum absolute atomic E-state index is 0.0278. The zero-order valence-corrected chi connectivity index (χ0v) is 8.66. The largest absolute Gasteiger partial charge is 0.475 e. The van der Waals surface area contributed by atoms with Crippen LogP contribution >= 0.6 is 0 Å². The van der Waals surface area contributed by atoms with Gasteiger partial charge in [0, 0.05) is 17.9 Å². The number of hydrogen-bond donors (Lipinski definition) is 1. The summed E-state index contributed by atoms with van der Waals surface area (Å²) in [6.07, 6.45) is 1.33. The summed E-state index contributed by atoms with van der Waals surface area (Å²) < 4.78 is 5.11. The number of Topliss-reactive ketones (excluding diaryl/α,β-unsaturated/α-hetero) is 1. The average Bonchev–Trinajstić information content (AvgIpc) is 2.56. The van der Waals surface area contributed by atoms with Crippen molar-refractivity contribution in [1.29, 1.82) is 0 Å². The summed E-state index contributed by atoms with van der Waals surface area (Å²) >= 11 is 0. The highest BCUT2D eigenvalue weighted by atomic mass is 16.4. The Morgan fingerprint density at radius 2 is 2.20 bits per heavy atom. The van der Waals surface area contributed by atoms with Crippen molar-refractivity contribution in [3.05, 3.63) is 23.2 Å². The third-order valence-electron chi connectivity index (χ3n) is 2.86. The summed E-state index contributed by atoms with van der Waals surface area (Å²) in [5, 5.41) is 8.75. The molecule has 1 N–H and O–H groups in total. The van der Waals surface area contributed by atoms with E-state index < -0.39 is 11.4 Å². The van der Waals surface area contributed by atoms with E-state index >= 15 is 0 Å². The Kier molecular flexibility index (Phi) is 1.96. The number of aromatic carboxylic acids is 1. The van der Waals surface area contributed by atoms with Gasteiger partial charge in [-0.15, -0.1) is 0 Å². The van der Waals surface area contributed by atoms with Crippen LogP contribution in [0.25, 0.3) is 0 Å². The molecule has 4 nitrogen and oxygen atoms in total. The predicted octanol–water partition coefficient (Wildman–Crippen LogP) is 2.13. The number of ketones is 1. The summed E-state index contributed by atoms with van der Waals surface area (Å²) in [6.45, 7) is 3.73. The number of hydrogen-bond acceptors (Lipinski definition) is 3. The maximum Gasteiger partial charge on any atom is 0.371 e. The van der Waals surface area contributed by atoms with Crippen LogP contribution in [-0.2, 0) is 6.42 Å². The number of furan rings is 1. The molecule has 2 rings (SSSR count). The molecule has 0 aromatic carbocycles. The normalized spacial score (nSPS) is 18.7. The molecule has 1 aromatic heterocycles. The Labute approximate surface area is 86.9 Å². The van der Waals surface area contributed by atoms with Crippen molar-refractivity contribution in [2.24, 2.45) is 5.41 Å². The number of carboxylic acid groups (broad SMARTS) is 1. The van der Waals surface area contributed by atoms with Crippen molar-refractivity contribution in [1.82, 2.24) is 0 Å². The molecular weight excluding hydrogens is 196 g/mol. The molecule has 0 aliphatic heterocycles. The van der Waals surface area contributed by atoms with Gasteiger partial charge in [0.2, 0.25) is 5.76 Å². The highest BCUT2D eigenvalue weighted by Gasteiger charge is 2.37. The van der Waals surface area contributed by atoms with Crippen LogP contribution in [0, 0.1) is 5.41 Å². The molecule has 0 saturated heterocycles. The van der Waals surface area contributed by atoms with Crippen LogP contribution in [0.1, 0.15) is 46.9 Å². The van der Waals surface area contributed by atoms with Gasteiger partial charge in [-0.2, -0.15) is 0 Å². The average molecular weight is 208 g/mol. The van der Waals surface area contributed by atoms with Gasteiger partial charge in [0.1, 0.15) is 5.76 Å². The van der Waals surface area contributed by atoms with Gasteiger partial charge in [0.25, 0.3) is 0 Å². The van der Waals surface area contributed by atoms with Crippen LogP contribution in [0.2, 0.25) is 0 Å². The molecule has 1 aromatic rings. The standard InChI is InChI=1S/C11H12O4/c1-11(2)4-3-7-6(9(11)12)5-8(15-7)10(13)14/h5H,3-4H2,1-2H3,(H,13,14). The molecule has 0 atom stereocenters. The van der Waals surface area contributed by atoms with E-state index in [1.165, 1.54) is 6.07 Å². The highest BCUT2D eigenvalue weighted by molar-refractivity contribution is 6.03. The Hall–Kier alpha value is -1.58. The van der Waals surface area contributed by atoms with E-state index in [0.29, 0.717) is 24.2 Å². The summed E-state index contributed by atoms with van der Waals surface area (Å²) in [5.74, 6) is -0.794. The second-order valence-electron chi connectivity index (χ2n) is 4.47. The van der Waals surface area contributed by atoms with E-state index in [4.69, 9.17) is 9.52 Å². The Balaban J connectivity index is 2.49. The fraction of sp³-hybridized carbons (Fsp3) is 0.455. The van der Waals surface area contributed by atoms with Crippen LogP contribution < -0.4 is 0 Å². The van der Waals surface area contributed by atoms with E-state index in [2.05, 4.69) is 0 Å². The molecule has 0 radical (unpaired) electrons. The van der Waals surface area contributed by atoms with Crippen molar-refractivity contribution in [3.63, 3.8) is 0 Å². The molecule has 80 valence electrons. The molecule has 1 aliphatic rings. The van der Waals surface area contributed by atoms with Gasteiger partial charge in [-0.25, -0.2) is 4.79 Å². The molecule has 0 bridgehead atoms. The van der Waals surface area contributed by atoms with Crippen LogP contribution in [0.4, 0.5) is 0 Å². The summed E-state index contributed by atoms with van der Waals surface area (Å²) in [5.41, 5.74) is 0.0239. The highest BCUT2D eigenvalue weighted by Crippen LogP contribution is 2.36. The van der Waals surface area contributed by atoms with Crippen molar-refractivity contribution in [2.75, 3.05) is 0 Å². The van der Waals surface area contributed by atoms with Gasteiger partial charge in [-0.05, 0) is 6.42 Å². The molecule has 15 heavy (non-hydrogen) atoms. The molecule has 0 amide bonds. The van der Waals surface area contributed by atoms with E-state index in [1.54, 1.807) is 0 Å². The van der Waals surface area contributed by atoms with E-state index in [0.717, 1.165) is 0 Å². The van der Waals surface area contributed by atoms with Gasteiger partial charge >= 0.3 is 5.97 Å². The fourth-order valence-electron chi connectivity index (χ4n) is 1.82. The monoisotopic (exact) mass is 208 g/mol. The lowest BCUT2D eigenvalue weighted by Crippen LogP contribution is -2.29. The minimum atomic E-state index is -1.13. The molecule has 1 heterocycles. The van der Waals surface area contributed by atoms with Crippen molar-refractivity contribution >= 4 is 11.8 Å². The Morgan fingerprint density at radius 3 is 2.80 bits per heavy atom. The molecule has 0 unspecified atom stereocenters. The molecule has 0 fully saturated rings. The minimum Gasteiger partial charge on any atom is -0.475 e. The molecular formula is C11H12O4. The van der Waals surface area contributed by atoms with Gasteiger partial charge in [0.05, 0.1) is 5.56 Å². The number of rotatable bonds is 1. The molecule has 0 spiro atoms. The summed E-state index contributed by atoms with van der Waals surface area (Å²) in [6, 6.07) is 1.33. The first-order valence-corrected chi connectivity index (χ1v) is 4.82. The first-order chi connectivity index (χ1) is 6.92. The van der Waals surface area contributed by atoms with Crippen LogP contribution in [0.3, 0.4) is 0 Å². The quantitative estimate of drug-likeness (QED) is 0.767. The summed E-state index contributed by atoms with van der Waals surface area (Å²) in [4.78, 5) is 22.6. The zero-order valence-electron chi connectivity index (χ0n) is 8.66. The first-order valence-electron chi connectivity index (χ1n) is 4.82. The van der Waals surface area contributed by atoms with Crippen LogP contribution in [-0.4, -0.2) is 16.9 Å². The Bertz CT molecular complexity index is 439. The van der Waals surface area contributed by atoms with Gasteiger partial charge in [-0.3, -0.25) is 4.79 Å². The lowest BCUT2D eigenvalue weighted by atomic mass is 9.76. The lowest BCUT2D eigenvalue weighted by Gasteiger charge is -2.26. The van der Waals surface area contributed by atoms with Crippen molar-refractivity contribution in [2.45, 2.75) is 26.7 Å². The first kappa shape index (κ1) is 9.96. The maximum absolute atomic E-state index is 11.9.